The van der Waals surface area contributed by atoms with Gasteiger partial charge in [-0.25, -0.2) is 0 Å². The molecule has 0 radical (unpaired) electrons. The van der Waals surface area contributed by atoms with Gasteiger partial charge in [-0.05, 0) is 56.3 Å². The van der Waals surface area contributed by atoms with Gasteiger partial charge in [0.2, 0.25) is 0 Å². The number of aryl methyl sites for hydroxylation is 1. The zero-order valence-electron chi connectivity index (χ0n) is 17.6. The summed E-state index contributed by atoms with van der Waals surface area (Å²) in [4.78, 5) is 17.2. The molecule has 1 heterocycles. The summed E-state index contributed by atoms with van der Waals surface area (Å²) in [7, 11) is 0. The van der Waals surface area contributed by atoms with Gasteiger partial charge in [0.05, 0.1) is 6.61 Å². The van der Waals surface area contributed by atoms with Crippen molar-refractivity contribution in [3.8, 4) is 11.5 Å². The second-order valence-corrected chi connectivity index (χ2v) is 7.14. The number of ether oxygens (including phenoxy) is 2. The third-order valence-electron chi connectivity index (χ3n) is 5.18. The van der Waals surface area contributed by atoms with Crippen molar-refractivity contribution >= 4 is 17.3 Å². The van der Waals surface area contributed by atoms with Gasteiger partial charge in [-0.15, -0.1) is 0 Å². The summed E-state index contributed by atoms with van der Waals surface area (Å²) in [5.74, 6) is 1.03. The predicted molar refractivity (Wildman–Crippen MR) is 117 cm³/mol. The van der Waals surface area contributed by atoms with Gasteiger partial charge < -0.3 is 24.6 Å². The molecule has 0 atom stereocenters. The summed E-state index contributed by atoms with van der Waals surface area (Å²) in [5, 5.41) is 2.95. The number of carbonyl (C=O) groups excluding carboxylic acids is 1. The number of piperazine rings is 1. The molecule has 6 heteroatoms. The minimum atomic E-state index is -0.191. The minimum Gasteiger partial charge on any atom is -0.490 e. The number of likely N-dealkylation sites (N-methyl/N-ethyl adjacent to an activating group) is 1. The Labute approximate surface area is 173 Å². The molecule has 6 nitrogen and oxygen atoms in total. The van der Waals surface area contributed by atoms with Gasteiger partial charge in [0, 0.05) is 37.6 Å². The number of benzene rings is 2. The van der Waals surface area contributed by atoms with E-state index in [9.17, 15) is 4.79 Å². The Hall–Kier alpha value is -2.73. The lowest BCUT2D eigenvalue weighted by Gasteiger charge is -2.35. The molecule has 1 aliphatic rings. The van der Waals surface area contributed by atoms with Crippen LogP contribution >= 0.6 is 0 Å². The van der Waals surface area contributed by atoms with E-state index in [1.165, 1.54) is 5.69 Å². The summed E-state index contributed by atoms with van der Waals surface area (Å²) < 4.78 is 11.2. The Morgan fingerprint density at radius 2 is 1.69 bits per heavy atom. The van der Waals surface area contributed by atoms with Gasteiger partial charge in [-0.1, -0.05) is 19.1 Å². The first-order valence-corrected chi connectivity index (χ1v) is 10.3. The van der Waals surface area contributed by atoms with E-state index in [1.54, 1.807) is 6.07 Å². The fourth-order valence-electron chi connectivity index (χ4n) is 3.48. The van der Waals surface area contributed by atoms with E-state index in [-0.39, 0.29) is 12.5 Å². The van der Waals surface area contributed by atoms with Crippen LogP contribution < -0.4 is 19.7 Å². The zero-order chi connectivity index (χ0) is 20.6. The fourth-order valence-corrected chi connectivity index (χ4v) is 3.48. The molecule has 2 aromatic carbocycles. The Bertz CT molecular complexity index is 817. The van der Waals surface area contributed by atoms with Crippen molar-refractivity contribution in [2.75, 3.05) is 56.2 Å². The standard InChI is InChI=1S/C23H31N3O3/c1-4-25-12-14-26(15-13-25)19-10-11-20(18(3)16-19)24-23(27)17-29-22-9-7-6-8-21(22)28-5-2/h6-11,16H,4-5,12-15,17H2,1-3H3,(H,24,27). The van der Waals surface area contributed by atoms with Gasteiger partial charge in [0.15, 0.2) is 18.1 Å². The Kier molecular flexibility index (Phi) is 7.36. The highest BCUT2D eigenvalue weighted by molar-refractivity contribution is 5.93. The van der Waals surface area contributed by atoms with Gasteiger partial charge in [-0.3, -0.25) is 4.79 Å². The highest BCUT2D eigenvalue weighted by atomic mass is 16.5. The van der Waals surface area contributed by atoms with Crippen molar-refractivity contribution in [1.29, 1.82) is 0 Å². The number of nitrogens with zero attached hydrogens (tertiary/aromatic N) is 2. The maximum atomic E-state index is 12.4. The molecule has 1 saturated heterocycles. The first-order valence-electron chi connectivity index (χ1n) is 10.3. The Morgan fingerprint density at radius 3 is 2.31 bits per heavy atom. The molecule has 2 aromatic rings. The van der Waals surface area contributed by atoms with Gasteiger partial charge in [-0.2, -0.15) is 0 Å². The number of anilines is 2. The van der Waals surface area contributed by atoms with Crippen LogP contribution in [-0.2, 0) is 4.79 Å². The molecular weight excluding hydrogens is 366 g/mol. The highest BCUT2D eigenvalue weighted by Crippen LogP contribution is 2.27. The molecule has 1 N–H and O–H groups in total. The lowest BCUT2D eigenvalue weighted by molar-refractivity contribution is -0.118. The van der Waals surface area contributed by atoms with Crippen molar-refractivity contribution < 1.29 is 14.3 Å². The van der Waals surface area contributed by atoms with Gasteiger partial charge in [0.1, 0.15) is 0 Å². The Balaban J connectivity index is 1.56. The van der Waals surface area contributed by atoms with Crippen LogP contribution in [0.4, 0.5) is 11.4 Å². The van der Waals surface area contributed by atoms with Crippen molar-refractivity contribution in [2.45, 2.75) is 20.8 Å². The number of amides is 1. The van der Waals surface area contributed by atoms with Crippen LogP contribution in [0, 0.1) is 6.92 Å². The monoisotopic (exact) mass is 397 g/mol. The normalized spacial score (nSPS) is 14.5. The largest absolute Gasteiger partial charge is 0.490 e. The van der Waals surface area contributed by atoms with Crippen LogP contribution in [0.1, 0.15) is 19.4 Å². The molecule has 1 fully saturated rings. The number of rotatable bonds is 8. The molecule has 1 aliphatic heterocycles. The molecule has 0 aliphatic carbocycles. The summed E-state index contributed by atoms with van der Waals surface area (Å²) in [6.07, 6.45) is 0. The average Bonchev–Trinajstić information content (AvgIpc) is 2.75. The minimum absolute atomic E-state index is 0.0652. The van der Waals surface area contributed by atoms with Crippen molar-refractivity contribution in [2.24, 2.45) is 0 Å². The lowest BCUT2D eigenvalue weighted by Crippen LogP contribution is -2.46. The summed E-state index contributed by atoms with van der Waals surface area (Å²) in [6.45, 7) is 12.0. The molecule has 0 bridgehead atoms. The fraction of sp³-hybridized carbons (Fsp3) is 0.435. The number of nitrogens with one attached hydrogen (secondary N) is 1. The zero-order valence-corrected chi connectivity index (χ0v) is 17.6. The van der Waals surface area contributed by atoms with E-state index >= 15 is 0 Å². The summed E-state index contributed by atoms with van der Waals surface area (Å²) in [6, 6.07) is 13.6. The molecule has 156 valence electrons. The predicted octanol–water partition coefficient (Wildman–Crippen LogP) is 3.55. The molecule has 0 saturated carbocycles. The second kappa shape index (κ2) is 10.2. The molecule has 0 unspecified atom stereocenters. The van der Waals surface area contributed by atoms with Crippen LogP contribution in [0.2, 0.25) is 0 Å². The van der Waals surface area contributed by atoms with Crippen LogP contribution in [-0.4, -0.2) is 56.7 Å². The van der Waals surface area contributed by atoms with Crippen LogP contribution in [0.15, 0.2) is 42.5 Å². The first kappa shape index (κ1) is 21.0. The van der Waals surface area contributed by atoms with Crippen LogP contribution in [0.5, 0.6) is 11.5 Å². The van der Waals surface area contributed by atoms with E-state index in [0.29, 0.717) is 18.1 Å². The summed E-state index contributed by atoms with van der Waals surface area (Å²) >= 11 is 0. The van der Waals surface area contributed by atoms with Gasteiger partial charge in [0.25, 0.3) is 5.91 Å². The molecular formula is C23H31N3O3. The van der Waals surface area contributed by atoms with E-state index in [0.717, 1.165) is 44.0 Å². The van der Waals surface area contributed by atoms with Crippen LogP contribution in [0.25, 0.3) is 0 Å². The smallest absolute Gasteiger partial charge is 0.262 e. The third kappa shape index (κ3) is 5.64. The Morgan fingerprint density at radius 1 is 1.00 bits per heavy atom. The molecule has 1 amide bonds. The SMILES string of the molecule is CCOc1ccccc1OCC(=O)Nc1ccc(N2CCN(CC)CC2)cc1C. The van der Waals surface area contributed by atoms with E-state index in [4.69, 9.17) is 9.47 Å². The number of hydrogen-bond donors (Lipinski definition) is 1. The maximum Gasteiger partial charge on any atom is 0.262 e. The quantitative estimate of drug-likeness (QED) is 0.738. The maximum absolute atomic E-state index is 12.4. The number of carbonyl (C=O) groups is 1. The highest BCUT2D eigenvalue weighted by Gasteiger charge is 2.17. The third-order valence-corrected chi connectivity index (χ3v) is 5.18. The average molecular weight is 398 g/mol. The lowest BCUT2D eigenvalue weighted by atomic mass is 10.1. The van der Waals surface area contributed by atoms with Crippen molar-refractivity contribution in [3.63, 3.8) is 0 Å². The van der Waals surface area contributed by atoms with Crippen molar-refractivity contribution in [3.05, 3.63) is 48.0 Å². The molecule has 3 rings (SSSR count). The summed E-state index contributed by atoms with van der Waals surface area (Å²) in [5.41, 5.74) is 3.06. The number of hydrogen-bond acceptors (Lipinski definition) is 5. The topological polar surface area (TPSA) is 54.0 Å². The molecule has 0 aromatic heterocycles. The van der Waals surface area contributed by atoms with Crippen molar-refractivity contribution in [1.82, 2.24) is 4.90 Å². The van der Waals surface area contributed by atoms with E-state index in [1.807, 2.05) is 38.1 Å². The first-order chi connectivity index (χ1) is 14.1. The van der Waals surface area contributed by atoms with E-state index < -0.39 is 0 Å². The van der Waals surface area contributed by atoms with Crippen LogP contribution in [0.3, 0.4) is 0 Å². The second-order valence-electron chi connectivity index (χ2n) is 7.14. The molecule has 0 spiro atoms. The molecule has 29 heavy (non-hydrogen) atoms. The number of para-hydroxylation sites is 2. The van der Waals surface area contributed by atoms with E-state index in [2.05, 4.69) is 34.2 Å². The van der Waals surface area contributed by atoms with Gasteiger partial charge >= 0.3 is 0 Å².